The molecule has 0 bridgehead atoms. The number of benzene rings is 1. The van der Waals surface area contributed by atoms with E-state index in [-0.39, 0.29) is 11.9 Å². The van der Waals surface area contributed by atoms with E-state index < -0.39 is 6.10 Å². The summed E-state index contributed by atoms with van der Waals surface area (Å²) in [4.78, 5) is 12.2. The number of nitrogens with zero attached hydrogens (tertiary/aromatic N) is 1. The van der Waals surface area contributed by atoms with Crippen LogP contribution in [0, 0.1) is 17.2 Å². The van der Waals surface area contributed by atoms with Gasteiger partial charge in [0.05, 0.1) is 11.6 Å². The number of carbonyl (C=O) groups excluding carboxylic acids is 1. The van der Waals surface area contributed by atoms with Crippen LogP contribution in [-0.4, -0.2) is 18.1 Å². The van der Waals surface area contributed by atoms with Crippen LogP contribution in [0.5, 0.6) is 5.75 Å². The average Bonchev–Trinajstić information content (AvgIpc) is 2.49. The van der Waals surface area contributed by atoms with Gasteiger partial charge in [-0.2, -0.15) is 5.26 Å². The van der Waals surface area contributed by atoms with E-state index in [2.05, 4.69) is 18.3 Å². The summed E-state index contributed by atoms with van der Waals surface area (Å²) >= 11 is 0. The molecule has 1 aliphatic rings. The number of nitrogens with one attached hydrogen (secondary N) is 1. The molecule has 0 spiro atoms. The standard InChI is InChI=1S/C17H22N2O2/c1-12-6-8-15(9-7-12)19-17(20)13(2)21-16-5-3-4-14(10-16)11-18/h3-5,10,12-13,15H,6-9H2,1-2H3,(H,19,20). The second-order valence-electron chi connectivity index (χ2n) is 5.87. The zero-order chi connectivity index (χ0) is 15.2. The van der Waals surface area contributed by atoms with Crippen LogP contribution in [-0.2, 0) is 4.79 Å². The topological polar surface area (TPSA) is 62.1 Å². The molecule has 1 aromatic carbocycles. The second kappa shape index (κ2) is 7.12. The third-order valence-electron chi connectivity index (χ3n) is 4.01. The van der Waals surface area contributed by atoms with Crippen molar-refractivity contribution >= 4 is 5.91 Å². The Hall–Kier alpha value is -2.02. The summed E-state index contributed by atoms with van der Waals surface area (Å²) in [6, 6.07) is 9.19. The van der Waals surface area contributed by atoms with Crippen molar-refractivity contribution in [2.75, 3.05) is 0 Å². The van der Waals surface area contributed by atoms with E-state index in [0.29, 0.717) is 11.3 Å². The summed E-state index contributed by atoms with van der Waals surface area (Å²) in [5.41, 5.74) is 0.529. The van der Waals surface area contributed by atoms with Gasteiger partial charge < -0.3 is 10.1 Å². The first kappa shape index (κ1) is 15.4. The summed E-state index contributed by atoms with van der Waals surface area (Å²) in [7, 11) is 0. The van der Waals surface area contributed by atoms with Crippen LogP contribution in [0.4, 0.5) is 0 Å². The van der Waals surface area contributed by atoms with Crippen molar-refractivity contribution in [2.45, 2.75) is 51.7 Å². The third-order valence-corrected chi connectivity index (χ3v) is 4.01. The highest BCUT2D eigenvalue weighted by Crippen LogP contribution is 2.23. The SMILES string of the molecule is CC1CCC(NC(=O)C(C)Oc2cccc(C#N)c2)CC1. The van der Waals surface area contributed by atoms with Crippen LogP contribution in [0.3, 0.4) is 0 Å². The highest BCUT2D eigenvalue weighted by atomic mass is 16.5. The number of rotatable bonds is 4. The fourth-order valence-corrected chi connectivity index (χ4v) is 2.62. The summed E-state index contributed by atoms with van der Waals surface area (Å²) in [6.45, 7) is 3.99. The van der Waals surface area contributed by atoms with Crippen LogP contribution in [0.15, 0.2) is 24.3 Å². The van der Waals surface area contributed by atoms with Gasteiger partial charge in [-0.1, -0.05) is 13.0 Å². The van der Waals surface area contributed by atoms with Gasteiger partial charge in [0.1, 0.15) is 5.75 Å². The maximum Gasteiger partial charge on any atom is 0.260 e. The molecule has 1 aliphatic carbocycles. The average molecular weight is 286 g/mol. The molecule has 1 atom stereocenters. The zero-order valence-electron chi connectivity index (χ0n) is 12.6. The normalized spacial score (nSPS) is 22.9. The van der Waals surface area contributed by atoms with Crippen molar-refractivity contribution in [1.29, 1.82) is 5.26 Å². The van der Waals surface area contributed by atoms with Gasteiger partial charge in [-0.05, 0) is 56.7 Å². The number of ether oxygens (including phenoxy) is 1. The lowest BCUT2D eigenvalue weighted by Crippen LogP contribution is -2.43. The van der Waals surface area contributed by atoms with Crippen LogP contribution >= 0.6 is 0 Å². The Bertz CT molecular complexity index is 528. The Kier molecular flexibility index (Phi) is 5.21. The number of hydrogen-bond acceptors (Lipinski definition) is 3. The van der Waals surface area contributed by atoms with Crippen molar-refractivity contribution in [3.05, 3.63) is 29.8 Å². The number of nitriles is 1. The van der Waals surface area contributed by atoms with Gasteiger partial charge in [-0.3, -0.25) is 4.79 Å². The molecule has 1 aromatic rings. The molecule has 0 saturated heterocycles. The Morgan fingerprint density at radius 3 is 2.76 bits per heavy atom. The van der Waals surface area contributed by atoms with E-state index in [4.69, 9.17) is 10.00 Å². The third kappa shape index (κ3) is 4.49. The predicted octanol–water partition coefficient (Wildman–Crippen LogP) is 3.02. The monoisotopic (exact) mass is 286 g/mol. The smallest absolute Gasteiger partial charge is 0.260 e. The lowest BCUT2D eigenvalue weighted by Gasteiger charge is -2.28. The Morgan fingerprint density at radius 1 is 1.38 bits per heavy atom. The maximum atomic E-state index is 12.2. The van der Waals surface area contributed by atoms with Crippen molar-refractivity contribution in [1.82, 2.24) is 5.32 Å². The molecule has 0 heterocycles. The molecule has 0 radical (unpaired) electrons. The molecule has 1 unspecified atom stereocenters. The van der Waals surface area contributed by atoms with Crippen molar-refractivity contribution < 1.29 is 9.53 Å². The van der Waals surface area contributed by atoms with Gasteiger partial charge in [0, 0.05) is 6.04 Å². The van der Waals surface area contributed by atoms with E-state index in [9.17, 15) is 4.79 Å². The number of hydrogen-bond donors (Lipinski definition) is 1. The van der Waals surface area contributed by atoms with Gasteiger partial charge in [-0.25, -0.2) is 0 Å². The predicted molar refractivity (Wildman–Crippen MR) is 80.8 cm³/mol. The minimum atomic E-state index is -0.557. The molecule has 0 aromatic heterocycles. The minimum Gasteiger partial charge on any atom is -0.481 e. The summed E-state index contributed by atoms with van der Waals surface area (Å²) in [6.07, 6.45) is 3.88. The van der Waals surface area contributed by atoms with Gasteiger partial charge in [0.15, 0.2) is 6.10 Å². The van der Waals surface area contributed by atoms with Gasteiger partial charge in [0.2, 0.25) is 0 Å². The number of amides is 1. The van der Waals surface area contributed by atoms with Crippen molar-refractivity contribution in [3.63, 3.8) is 0 Å². The molecule has 0 aliphatic heterocycles. The molecule has 2 rings (SSSR count). The number of carbonyl (C=O) groups is 1. The summed E-state index contributed by atoms with van der Waals surface area (Å²) < 4.78 is 5.62. The summed E-state index contributed by atoms with van der Waals surface area (Å²) in [5, 5.41) is 11.9. The van der Waals surface area contributed by atoms with E-state index in [1.807, 2.05) is 0 Å². The highest BCUT2D eigenvalue weighted by molar-refractivity contribution is 5.81. The first-order chi connectivity index (χ1) is 10.1. The maximum absolute atomic E-state index is 12.2. The molecule has 4 nitrogen and oxygen atoms in total. The molecule has 112 valence electrons. The van der Waals surface area contributed by atoms with E-state index in [1.165, 1.54) is 12.8 Å². The molecule has 4 heteroatoms. The van der Waals surface area contributed by atoms with E-state index in [0.717, 1.165) is 18.8 Å². The van der Waals surface area contributed by atoms with E-state index >= 15 is 0 Å². The Balaban J connectivity index is 1.86. The Morgan fingerprint density at radius 2 is 2.10 bits per heavy atom. The fourth-order valence-electron chi connectivity index (χ4n) is 2.62. The summed E-state index contributed by atoms with van der Waals surface area (Å²) in [5.74, 6) is 1.23. The van der Waals surface area contributed by atoms with Crippen LogP contribution in [0.2, 0.25) is 0 Å². The van der Waals surface area contributed by atoms with Crippen LogP contribution < -0.4 is 10.1 Å². The quantitative estimate of drug-likeness (QED) is 0.925. The molecular weight excluding hydrogens is 264 g/mol. The van der Waals surface area contributed by atoms with Gasteiger partial charge in [-0.15, -0.1) is 0 Å². The minimum absolute atomic E-state index is 0.0862. The molecular formula is C17H22N2O2. The highest BCUT2D eigenvalue weighted by Gasteiger charge is 2.22. The fraction of sp³-hybridized carbons (Fsp3) is 0.529. The largest absolute Gasteiger partial charge is 0.481 e. The van der Waals surface area contributed by atoms with Gasteiger partial charge in [0.25, 0.3) is 5.91 Å². The second-order valence-corrected chi connectivity index (χ2v) is 5.87. The molecule has 1 saturated carbocycles. The van der Waals surface area contributed by atoms with Gasteiger partial charge >= 0.3 is 0 Å². The van der Waals surface area contributed by atoms with Crippen molar-refractivity contribution in [3.8, 4) is 11.8 Å². The first-order valence-electron chi connectivity index (χ1n) is 7.55. The molecule has 21 heavy (non-hydrogen) atoms. The van der Waals surface area contributed by atoms with Crippen LogP contribution in [0.1, 0.15) is 45.1 Å². The molecule has 1 N–H and O–H groups in total. The lowest BCUT2D eigenvalue weighted by molar-refractivity contribution is -0.128. The van der Waals surface area contributed by atoms with Crippen molar-refractivity contribution in [2.24, 2.45) is 5.92 Å². The zero-order valence-corrected chi connectivity index (χ0v) is 12.6. The Labute approximate surface area is 126 Å². The molecule has 1 fully saturated rings. The first-order valence-corrected chi connectivity index (χ1v) is 7.55. The molecule has 1 amide bonds. The lowest BCUT2D eigenvalue weighted by atomic mass is 9.87. The van der Waals surface area contributed by atoms with E-state index in [1.54, 1.807) is 31.2 Å². The van der Waals surface area contributed by atoms with Crippen LogP contribution in [0.25, 0.3) is 0 Å².